The average Bonchev–Trinajstić information content (AvgIpc) is 4.08. The molecule has 0 aromatic heterocycles. The van der Waals surface area contributed by atoms with Crippen molar-refractivity contribution in [3.63, 3.8) is 0 Å². The third-order valence-electron chi connectivity index (χ3n) is 16.1. The molecule has 0 unspecified atom stereocenters. The van der Waals surface area contributed by atoms with E-state index in [1.807, 2.05) is 48.5 Å². The summed E-state index contributed by atoms with van der Waals surface area (Å²) in [6.07, 6.45) is 6.17. The Hall–Kier alpha value is -3.13. The number of amides is 4. The summed E-state index contributed by atoms with van der Waals surface area (Å²) in [5.41, 5.74) is -5.47. The van der Waals surface area contributed by atoms with E-state index in [0.717, 1.165) is 25.7 Å². The smallest absolute Gasteiger partial charge is 0.870 e. The van der Waals surface area contributed by atoms with Crippen LogP contribution in [0.5, 0.6) is 0 Å². The molecule has 6 N–H and O–H groups in total. The van der Waals surface area contributed by atoms with Gasteiger partial charge in [0.1, 0.15) is 34.4 Å². The Morgan fingerprint density at radius 1 is 0.704 bits per heavy atom. The van der Waals surface area contributed by atoms with Crippen molar-refractivity contribution in [1.82, 2.24) is 30.2 Å². The van der Waals surface area contributed by atoms with Gasteiger partial charge in [0, 0.05) is 37.0 Å². The summed E-state index contributed by atoms with van der Waals surface area (Å²) in [6, 6.07) is -1.24. The van der Waals surface area contributed by atoms with E-state index in [4.69, 9.17) is 23.5 Å². The maximum Gasteiger partial charge on any atom is 1.00 e. The molecule has 7 fully saturated rings. The van der Waals surface area contributed by atoms with Crippen LogP contribution >= 0.6 is 0 Å². The van der Waals surface area contributed by atoms with Crippen LogP contribution in [0.3, 0.4) is 0 Å². The fraction of sp³-hybridized carbons (Fsp3) is 0.872. The van der Waals surface area contributed by atoms with Crippen molar-refractivity contribution >= 4 is 50.2 Å². The molecule has 0 aliphatic carbocycles. The van der Waals surface area contributed by atoms with E-state index in [1.165, 1.54) is 12.0 Å². The molecule has 7 heterocycles. The molecule has 0 spiro atoms. The van der Waals surface area contributed by atoms with Gasteiger partial charge in [0.2, 0.25) is 11.8 Å². The molecule has 0 bridgehead atoms. The second-order valence-electron chi connectivity index (χ2n) is 23.5. The van der Waals surface area contributed by atoms with Crippen molar-refractivity contribution in [2.24, 2.45) is 10.8 Å². The number of hydrogen-bond donors (Lipinski definition) is 5. The van der Waals surface area contributed by atoms with Gasteiger partial charge >= 0.3 is 57.2 Å². The van der Waals surface area contributed by atoms with Crippen molar-refractivity contribution in [2.75, 3.05) is 59.5 Å². The van der Waals surface area contributed by atoms with Crippen LogP contribution in [0.4, 0.5) is 9.59 Å². The van der Waals surface area contributed by atoms with Crippen LogP contribution in [0.25, 0.3) is 0 Å². The number of nitrogens with zero attached hydrogens (tertiary/aromatic N) is 4. The molecule has 396 valence electrons. The predicted molar refractivity (Wildman–Crippen MR) is 257 cm³/mol. The third-order valence-corrected chi connectivity index (χ3v) is 16.1. The fourth-order valence-electron chi connectivity index (χ4n) is 12.0. The zero-order chi connectivity index (χ0) is 51.2. The van der Waals surface area contributed by atoms with Gasteiger partial charge in [-0.3, -0.25) is 34.8 Å². The Morgan fingerprint density at radius 2 is 1.13 bits per heavy atom. The van der Waals surface area contributed by atoms with E-state index in [-0.39, 0.29) is 75.2 Å². The Balaban J connectivity index is 0.000000306. The number of rotatable bonds is 12. The minimum atomic E-state index is -1.44. The maximum absolute atomic E-state index is 13.8. The number of nitrogens with one attached hydrogen (secondary N) is 2. The Bertz CT molecular complexity index is 1940. The Labute approximate surface area is 432 Å². The summed E-state index contributed by atoms with van der Waals surface area (Å²) in [4.78, 5) is 84.7. The third kappa shape index (κ3) is 12.2. The molecule has 7 rings (SSSR count). The molecule has 4 amide bonds. The van der Waals surface area contributed by atoms with Gasteiger partial charge in [-0.25, -0.2) is 14.4 Å². The van der Waals surface area contributed by atoms with Crippen molar-refractivity contribution in [3.05, 3.63) is 0 Å². The second kappa shape index (κ2) is 22.4. The van der Waals surface area contributed by atoms with Crippen LogP contribution in [0.1, 0.15) is 133 Å². The first-order chi connectivity index (χ1) is 32.0. The van der Waals surface area contributed by atoms with Crippen LogP contribution in [-0.4, -0.2) is 195 Å². The largest absolute Gasteiger partial charge is 1.00 e. The van der Waals surface area contributed by atoms with E-state index in [2.05, 4.69) is 10.6 Å². The van der Waals surface area contributed by atoms with Crippen LogP contribution in [0.15, 0.2) is 0 Å². The summed E-state index contributed by atoms with van der Waals surface area (Å²) >= 11 is 0. The van der Waals surface area contributed by atoms with E-state index >= 15 is 0 Å². The van der Waals surface area contributed by atoms with E-state index in [9.17, 15) is 43.9 Å². The molecule has 21 nitrogen and oxygen atoms in total. The van der Waals surface area contributed by atoms with E-state index in [1.54, 1.807) is 35.5 Å². The number of ether oxygens (including phenoxy) is 3. The molecule has 7 saturated heterocycles. The summed E-state index contributed by atoms with van der Waals surface area (Å²) in [6.45, 7) is 22.0. The summed E-state index contributed by atoms with van der Waals surface area (Å²) in [5, 5.41) is 35.0. The van der Waals surface area contributed by atoms with Crippen LogP contribution in [-0.2, 0) is 42.7 Å². The number of carboxylic acid groups (broad SMARTS) is 1. The van der Waals surface area contributed by atoms with Crippen molar-refractivity contribution < 1.29 is 91.8 Å². The monoisotopic (exact) mass is 999 g/mol. The first-order valence-electron chi connectivity index (χ1n) is 25.1. The van der Waals surface area contributed by atoms with Gasteiger partial charge in [0.25, 0.3) is 0 Å². The topological polar surface area (TPSA) is 276 Å². The minimum absolute atomic E-state index is 0. The SMILES string of the molecule is CC(C)(C)OC(=O)N1CCC[C@H]1C(=O)N1C[C@@]2(CCCB(O)O)CCN[C@@]2(C(=O)O)C1.COC(=O)[C@]12CN(C(=O)[C@@H]3CCCN3C(=O)OC(C)(C)C)C[C@@]1(CCCB1OC(C)(C)C(C)(C)O1)CCN2.[Li+].[OH-]. The fourth-order valence-corrected chi connectivity index (χ4v) is 12.0. The summed E-state index contributed by atoms with van der Waals surface area (Å²) in [7, 11) is -0.346. The van der Waals surface area contributed by atoms with Crippen LogP contribution in [0.2, 0.25) is 12.6 Å². The number of fused-ring (bicyclic) bond motifs is 2. The number of carbonyl (C=O) groups is 6. The van der Waals surface area contributed by atoms with Crippen LogP contribution in [0, 0.1) is 10.8 Å². The van der Waals surface area contributed by atoms with Crippen molar-refractivity contribution in [3.8, 4) is 0 Å². The predicted octanol–water partition coefficient (Wildman–Crippen LogP) is 0.103. The van der Waals surface area contributed by atoms with Gasteiger partial charge in [-0.05, 0) is 146 Å². The van der Waals surface area contributed by atoms with E-state index in [0.29, 0.717) is 77.6 Å². The molecular weight excluding hydrogens is 917 g/mol. The Morgan fingerprint density at radius 3 is 1.55 bits per heavy atom. The first kappa shape index (κ1) is 60.4. The zero-order valence-electron chi connectivity index (χ0n) is 44.5. The number of esters is 1. The normalized spacial score (nSPS) is 30.4. The van der Waals surface area contributed by atoms with Gasteiger partial charge in [0.15, 0.2) is 0 Å². The second-order valence-corrected chi connectivity index (χ2v) is 23.5. The molecule has 0 radical (unpaired) electrons. The molecule has 7 aliphatic rings. The Kier molecular flexibility index (Phi) is 19.0. The van der Waals surface area contributed by atoms with Crippen LogP contribution < -0.4 is 29.5 Å². The number of likely N-dealkylation sites (tertiary alicyclic amines) is 4. The van der Waals surface area contributed by atoms with Crippen molar-refractivity contribution in [1.29, 1.82) is 0 Å². The van der Waals surface area contributed by atoms with Crippen molar-refractivity contribution in [2.45, 2.75) is 192 Å². The number of methoxy groups -OCH3 is 1. The number of hydrogen-bond acceptors (Lipinski definition) is 16. The molecule has 71 heavy (non-hydrogen) atoms. The van der Waals surface area contributed by atoms with Gasteiger partial charge < -0.3 is 53.9 Å². The summed E-state index contributed by atoms with van der Waals surface area (Å²) in [5.74, 6) is -1.71. The minimum Gasteiger partial charge on any atom is -0.870 e. The van der Waals surface area contributed by atoms with E-state index < -0.39 is 81.7 Å². The molecule has 6 atom stereocenters. The molecule has 0 aromatic carbocycles. The standard InChI is InChI=1S/C27H46BN3O7.C20H34BN3O7.Li.H2O/c1-23(2,3)36-22(34)31-16-9-11-19(31)20(32)30-17-26(13-15-29-27(26,18-30)21(33)35-8)12-10-14-28-37-24(4,5)25(6,7)38-28;1-18(2,3)31-17(28)24-11-4-6-14(24)15(25)23-12-19(7-5-9-21(29)30)8-10-22-20(19,13-23)16(26)27;;/h19,29H,9-18H2,1-8H3;14,22,29-30H,4-13H2,1-3H3,(H,26,27);;1H2/q;;+1;/p-1/t19-,26+,27+;14-,19+,20+;;/m00../s1. The number of aliphatic carboxylic acids is 1. The molecule has 0 aromatic rings. The average molecular weight is 999 g/mol. The number of carboxylic acids is 1. The molecule has 24 heteroatoms. The molecule has 7 aliphatic heterocycles. The van der Waals surface area contributed by atoms with Gasteiger partial charge in [-0.2, -0.15) is 0 Å². The van der Waals surface area contributed by atoms with Gasteiger partial charge in [0.05, 0.1) is 31.4 Å². The van der Waals surface area contributed by atoms with Gasteiger partial charge in [-0.1, -0.05) is 12.8 Å². The first-order valence-corrected chi connectivity index (χ1v) is 25.1. The zero-order valence-corrected chi connectivity index (χ0v) is 44.5. The van der Waals surface area contributed by atoms with Gasteiger partial charge in [-0.15, -0.1) is 0 Å². The number of carbonyl (C=O) groups excluding carboxylic acids is 5. The summed E-state index contributed by atoms with van der Waals surface area (Å²) < 4.78 is 28.7. The molecular formula is C47H81B2LiN6O15. The maximum atomic E-state index is 13.8. The quantitative estimate of drug-likeness (QED) is 0.0986. The molecule has 0 saturated carbocycles.